The molecular formula is C20H24N5O3+. The summed E-state index contributed by atoms with van der Waals surface area (Å²) in [4.78, 5) is 24.9. The Balaban J connectivity index is 2.01. The van der Waals surface area contributed by atoms with Crippen LogP contribution in [0, 0.1) is 10.1 Å². The van der Waals surface area contributed by atoms with E-state index in [0.717, 1.165) is 13.0 Å². The molecule has 0 unspecified atom stereocenters. The molecule has 0 saturated heterocycles. The average Bonchev–Trinajstić information content (AvgIpc) is 2.68. The second-order valence-electron chi connectivity index (χ2n) is 7.05. The summed E-state index contributed by atoms with van der Waals surface area (Å²) < 4.78 is 1.26. The maximum atomic E-state index is 12.3. The van der Waals surface area contributed by atoms with Gasteiger partial charge in [-0.3, -0.25) is 14.9 Å². The number of anilines is 1. The molecule has 0 atom stereocenters. The summed E-state index contributed by atoms with van der Waals surface area (Å²) in [6.07, 6.45) is 0.911. The molecule has 0 fully saturated rings. The van der Waals surface area contributed by atoms with Gasteiger partial charge in [-0.25, -0.2) is 4.68 Å². The Labute approximate surface area is 162 Å². The molecule has 8 heteroatoms. The van der Waals surface area contributed by atoms with Crippen molar-refractivity contribution in [1.29, 1.82) is 0 Å². The number of hydrogen-bond donors (Lipinski definition) is 2. The zero-order valence-corrected chi connectivity index (χ0v) is 16.2. The molecule has 3 aromatic rings. The predicted molar refractivity (Wildman–Crippen MR) is 110 cm³/mol. The molecular weight excluding hydrogens is 358 g/mol. The van der Waals surface area contributed by atoms with E-state index < -0.39 is 4.92 Å². The third-order valence-electron chi connectivity index (χ3n) is 4.59. The Morgan fingerprint density at radius 2 is 1.89 bits per heavy atom. The standard InChI is InChI=1S/C20H23N5O3/c1-23(2)12-6-11-21-17-10-9-14(13-18(17)25(27)28)19-15-7-4-5-8-16(15)20(26)24(3)22-19/h4-5,7-10,13,21H,6,11-12H2,1-3H3/p+1. The molecule has 1 aromatic heterocycles. The first-order valence-electron chi connectivity index (χ1n) is 9.16. The van der Waals surface area contributed by atoms with Crippen LogP contribution in [0.4, 0.5) is 11.4 Å². The summed E-state index contributed by atoms with van der Waals surface area (Å²) in [6, 6.07) is 12.2. The molecule has 3 rings (SSSR count). The Morgan fingerprint density at radius 1 is 1.18 bits per heavy atom. The van der Waals surface area contributed by atoms with Gasteiger partial charge >= 0.3 is 0 Å². The summed E-state index contributed by atoms with van der Waals surface area (Å²) in [5.41, 5.74) is 1.42. The van der Waals surface area contributed by atoms with Crippen molar-refractivity contribution < 1.29 is 9.82 Å². The number of nitrogens with one attached hydrogen (secondary N) is 2. The lowest BCUT2D eigenvalue weighted by atomic mass is 10.0. The molecule has 0 aliphatic heterocycles. The topological polar surface area (TPSA) is 94.5 Å². The van der Waals surface area contributed by atoms with Gasteiger partial charge in [-0.1, -0.05) is 24.3 Å². The van der Waals surface area contributed by atoms with E-state index in [4.69, 9.17) is 0 Å². The number of quaternary nitrogens is 1. The Kier molecular flexibility index (Phi) is 5.70. The number of rotatable bonds is 7. The van der Waals surface area contributed by atoms with Gasteiger partial charge in [0.05, 0.1) is 36.6 Å². The first-order chi connectivity index (χ1) is 13.4. The van der Waals surface area contributed by atoms with Crippen molar-refractivity contribution in [1.82, 2.24) is 9.78 Å². The SMILES string of the molecule is Cn1nc(-c2ccc(NCCC[NH+](C)C)c([N+](=O)[O-])c2)c2ccccc2c1=O. The molecule has 28 heavy (non-hydrogen) atoms. The lowest BCUT2D eigenvalue weighted by Gasteiger charge is -2.11. The van der Waals surface area contributed by atoms with Gasteiger partial charge in [-0.15, -0.1) is 0 Å². The van der Waals surface area contributed by atoms with Gasteiger partial charge in [0.1, 0.15) is 5.69 Å². The van der Waals surface area contributed by atoms with Crippen molar-refractivity contribution in [2.24, 2.45) is 7.05 Å². The molecule has 8 nitrogen and oxygen atoms in total. The highest BCUT2D eigenvalue weighted by Gasteiger charge is 2.18. The van der Waals surface area contributed by atoms with Crippen LogP contribution in [-0.4, -0.2) is 41.9 Å². The smallest absolute Gasteiger partial charge is 0.292 e. The fourth-order valence-electron chi connectivity index (χ4n) is 3.16. The number of hydrogen-bond acceptors (Lipinski definition) is 5. The Hall–Kier alpha value is -3.26. The number of aryl methyl sites for hydroxylation is 1. The summed E-state index contributed by atoms with van der Waals surface area (Å²) in [7, 11) is 5.72. The van der Waals surface area contributed by atoms with E-state index in [9.17, 15) is 14.9 Å². The van der Waals surface area contributed by atoms with Crippen molar-refractivity contribution in [3.8, 4) is 11.3 Å². The van der Waals surface area contributed by atoms with Crippen molar-refractivity contribution in [2.75, 3.05) is 32.5 Å². The molecule has 0 aliphatic rings. The highest BCUT2D eigenvalue weighted by molar-refractivity contribution is 5.94. The zero-order chi connectivity index (χ0) is 20.3. The van der Waals surface area contributed by atoms with E-state index in [1.54, 1.807) is 37.4 Å². The third kappa shape index (κ3) is 4.01. The highest BCUT2D eigenvalue weighted by Crippen LogP contribution is 2.32. The van der Waals surface area contributed by atoms with Crippen LogP contribution >= 0.6 is 0 Å². The molecule has 0 amide bonds. The van der Waals surface area contributed by atoms with Crippen molar-refractivity contribution in [2.45, 2.75) is 6.42 Å². The molecule has 0 spiro atoms. The Morgan fingerprint density at radius 3 is 2.57 bits per heavy atom. The number of nitrogens with zero attached hydrogens (tertiary/aromatic N) is 3. The summed E-state index contributed by atoms with van der Waals surface area (Å²) in [6.45, 7) is 1.64. The van der Waals surface area contributed by atoms with Crippen LogP contribution in [0.1, 0.15) is 6.42 Å². The quantitative estimate of drug-likeness (QED) is 0.366. The van der Waals surface area contributed by atoms with Gasteiger partial charge in [0.15, 0.2) is 0 Å². The minimum atomic E-state index is -0.396. The summed E-state index contributed by atoms with van der Waals surface area (Å²) in [5, 5.41) is 20.3. The van der Waals surface area contributed by atoms with E-state index in [0.29, 0.717) is 34.3 Å². The summed E-state index contributed by atoms with van der Waals surface area (Å²) in [5.74, 6) is 0. The van der Waals surface area contributed by atoms with Gasteiger partial charge in [0, 0.05) is 37.0 Å². The average molecular weight is 382 g/mol. The molecule has 2 N–H and O–H groups in total. The van der Waals surface area contributed by atoms with Crippen LogP contribution in [0.3, 0.4) is 0 Å². The van der Waals surface area contributed by atoms with Crippen LogP contribution in [0.2, 0.25) is 0 Å². The van der Waals surface area contributed by atoms with Crippen LogP contribution in [0.5, 0.6) is 0 Å². The largest absolute Gasteiger partial charge is 0.379 e. The van der Waals surface area contributed by atoms with E-state index in [1.165, 1.54) is 15.6 Å². The van der Waals surface area contributed by atoms with E-state index in [1.807, 2.05) is 6.07 Å². The van der Waals surface area contributed by atoms with Gasteiger partial charge in [0.25, 0.3) is 11.2 Å². The maximum Gasteiger partial charge on any atom is 0.292 e. The van der Waals surface area contributed by atoms with Crippen LogP contribution in [0.15, 0.2) is 47.3 Å². The second kappa shape index (κ2) is 8.18. The first kappa shape index (κ1) is 19.5. The minimum Gasteiger partial charge on any atom is -0.379 e. The predicted octanol–water partition coefficient (Wildman–Crippen LogP) is 1.46. The maximum absolute atomic E-state index is 12.3. The normalized spacial score (nSPS) is 11.1. The van der Waals surface area contributed by atoms with E-state index in [-0.39, 0.29) is 11.2 Å². The molecule has 0 saturated carbocycles. The molecule has 2 aromatic carbocycles. The zero-order valence-electron chi connectivity index (χ0n) is 16.2. The summed E-state index contributed by atoms with van der Waals surface area (Å²) >= 11 is 0. The highest BCUT2D eigenvalue weighted by atomic mass is 16.6. The molecule has 1 heterocycles. The van der Waals surface area contributed by atoms with E-state index in [2.05, 4.69) is 24.5 Å². The fourth-order valence-corrected chi connectivity index (χ4v) is 3.16. The Bertz CT molecular complexity index is 1080. The number of aromatic nitrogens is 2. The van der Waals surface area contributed by atoms with Crippen molar-refractivity contribution in [3.05, 3.63) is 62.9 Å². The van der Waals surface area contributed by atoms with Gasteiger partial charge < -0.3 is 10.2 Å². The fraction of sp³-hybridized carbons (Fsp3) is 0.300. The molecule has 0 aliphatic carbocycles. The van der Waals surface area contributed by atoms with Crippen LogP contribution in [-0.2, 0) is 7.05 Å². The molecule has 0 radical (unpaired) electrons. The van der Waals surface area contributed by atoms with Gasteiger partial charge in [0.2, 0.25) is 0 Å². The minimum absolute atomic E-state index is 0.00515. The second-order valence-corrected chi connectivity index (χ2v) is 7.05. The first-order valence-corrected chi connectivity index (χ1v) is 9.16. The monoisotopic (exact) mass is 382 g/mol. The van der Waals surface area contributed by atoms with Crippen molar-refractivity contribution >= 4 is 22.1 Å². The van der Waals surface area contributed by atoms with Crippen molar-refractivity contribution in [3.63, 3.8) is 0 Å². The van der Waals surface area contributed by atoms with Gasteiger partial charge in [-0.05, 0) is 12.1 Å². The number of nitro groups is 1. The lowest BCUT2D eigenvalue weighted by Crippen LogP contribution is -3.05. The van der Waals surface area contributed by atoms with Crippen LogP contribution < -0.4 is 15.8 Å². The van der Waals surface area contributed by atoms with Crippen LogP contribution in [0.25, 0.3) is 22.0 Å². The van der Waals surface area contributed by atoms with Gasteiger partial charge in [-0.2, -0.15) is 5.10 Å². The third-order valence-corrected chi connectivity index (χ3v) is 4.59. The number of fused-ring (bicyclic) bond motifs is 1. The number of benzene rings is 2. The number of nitro benzene ring substituents is 1. The lowest BCUT2D eigenvalue weighted by molar-refractivity contribution is -0.858. The molecule has 146 valence electrons. The van der Waals surface area contributed by atoms with E-state index >= 15 is 0 Å². The molecule has 0 bridgehead atoms.